The molecule has 0 radical (unpaired) electrons. The normalized spacial score (nSPS) is 16.2. The third-order valence-electron chi connectivity index (χ3n) is 3.90. The fourth-order valence-corrected chi connectivity index (χ4v) is 2.80. The van der Waals surface area contributed by atoms with Gasteiger partial charge in [-0.2, -0.15) is 5.26 Å². The lowest BCUT2D eigenvalue weighted by molar-refractivity contribution is 0.0679. The molecule has 1 aliphatic heterocycles. The fraction of sp³-hybridized carbons (Fsp3) is 0.263. The number of nitriles is 1. The molecule has 1 amide bonds. The topological polar surface area (TPSA) is 71.4 Å². The van der Waals surface area contributed by atoms with E-state index in [1.54, 1.807) is 36.4 Å². The first-order valence-electron chi connectivity index (χ1n) is 8.01. The highest BCUT2D eigenvalue weighted by Crippen LogP contribution is 2.22. The Morgan fingerprint density at radius 1 is 1.36 bits per heavy atom. The van der Waals surface area contributed by atoms with Gasteiger partial charge in [0.2, 0.25) is 0 Å². The van der Waals surface area contributed by atoms with E-state index in [2.05, 4.69) is 5.32 Å². The summed E-state index contributed by atoms with van der Waals surface area (Å²) in [6.45, 7) is 1.26. The first kappa shape index (κ1) is 17.3. The van der Waals surface area contributed by atoms with Crippen molar-refractivity contribution in [3.63, 3.8) is 0 Å². The average molecular weight is 357 g/mol. The van der Waals surface area contributed by atoms with Gasteiger partial charge in [-0.25, -0.2) is 0 Å². The van der Waals surface area contributed by atoms with E-state index in [4.69, 9.17) is 26.3 Å². The molecule has 3 rings (SSSR count). The van der Waals surface area contributed by atoms with E-state index in [-0.39, 0.29) is 12.0 Å². The molecule has 1 N–H and O–H groups in total. The maximum atomic E-state index is 12.4. The second-order valence-electron chi connectivity index (χ2n) is 5.73. The molecule has 0 unspecified atom stereocenters. The van der Waals surface area contributed by atoms with Crippen molar-refractivity contribution in [2.75, 3.05) is 18.5 Å². The van der Waals surface area contributed by atoms with Gasteiger partial charge in [-0.3, -0.25) is 4.79 Å². The lowest BCUT2D eigenvalue weighted by Crippen LogP contribution is -2.17. The van der Waals surface area contributed by atoms with Gasteiger partial charge in [0.05, 0.1) is 16.7 Å². The quantitative estimate of drug-likeness (QED) is 0.878. The van der Waals surface area contributed by atoms with Crippen LogP contribution in [0.1, 0.15) is 28.8 Å². The van der Waals surface area contributed by atoms with Gasteiger partial charge < -0.3 is 14.8 Å². The molecule has 1 fully saturated rings. The van der Waals surface area contributed by atoms with Crippen LogP contribution in [0.2, 0.25) is 5.02 Å². The maximum absolute atomic E-state index is 12.4. The predicted molar refractivity (Wildman–Crippen MR) is 95.0 cm³/mol. The average Bonchev–Trinajstić information content (AvgIpc) is 3.14. The molecule has 0 aliphatic carbocycles. The molecule has 0 aromatic heterocycles. The molecule has 25 heavy (non-hydrogen) atoms. The Balaban J connectivity index is 1.64. The van der Waals surface area contributed by atoms with Crippen molar-refractivity contribution in [1.82, 2.24) is 0 Å². The molecule has 0 spiro atoms. The van der Waals surface area contributed by atoms with Crippen LogP contribution in [-0.4, -0.2) is 25.2 Å². The summed E-state index contributed by atoms with van der Waals surface area (Å²) in [5.41, 5.74) is 1.37. The summed E-state index contributed by atoms with van der Waals surface area (Å²) in [7, 11) is 0. The second-order valence-corrected chi connectivity index (χ2v) is 6.14. The lowest BCUT2D eigenvalue weighted by Gasteiger charge is -2.12. The molecule has 1 aliphatic rings. The Kier molecular flexibility index (Phi) is 5.54. The summed E-state index contributed by atoms with van der Waals surface area (Å²) >= 11 is 5.98. The minimum Gasteiger partial charge on any atom is -0.491 e. The number of carbonyl (C=O) groups is 1. The smallest absolute Gasteiger partial charge is 0.255 e. The van der Waals surface area contributed by atoms with Gasteiger partial charge in [-0.1, -0.05) is 17.7 Å². The zero-order valence-corrected chi connectivity index (χ0v) is 14.3. The number of anilines is 1. The summed E-state index contributed by atoms with van der Waals surface area (Å²) < 4.78 is 11.2. The number of nitrogens with one attached hydrogen (secondary N) is 1. The van der Waals surface area contributed by atoms with Crippen molar-refractivity contribution in [3.8, 4) is 11.8 Å². The first-order valence-corrected chi connectivity index (χ1v) is 8.39. The van der Waals surface area contributed by atoms with E-state index >= 15 is 0 Å². The summed E-state index contributed by atoms with van der Waals surface area (Å²) in [6, 6.07) is 13.7. The molecular formula is C19H17ClN2O3. The van der Waals surface area contributed by atoms with Crippen LogP contribution in [0, 0.1) is 11.3 Å². The SMILES string of the molecule is N#Cc1ccc(NC(=O)c2cccc(OC[C@H]3CCCO3)c2)cc1Cl. The van der Waals surface area contributed by atoms with Crippen molar-refractivity contribution in [2.45, 2.75) is 18.9 Å². The lowest BCUT2D eigenvalue weighted by atomic mass is 10.2. The number of amides is 1. The van der Waals surface area contributed by atoms with E-state index in [0.29, 0.717) is 34.2 Å². The standard InChI is InChI=1S/C19H17ClN2O3/c20-18-10-15(7-6-14(18)11-21)22-19(23)13-3-1-4-16(9-13)25-12-17-5-2-8-24-17/h1,3-4,6-7,9-10,17H,2,5,8,12H2,(H,22,23)/t17-/m1/s1. The molecular weight excluding hydrogens is 340 g/mol. The zero-order chi connectivity index (χ0) is 17.6. The fourth-order valence-electron chi connectivity index (χ4n) is 2.58. The molecule has 1 saturated heterocycles. The van der Waals surface area contributed by atoms with Gasteiger partial charge in [0.25, 0.3) is 5.91 Å². The molecule has 5 nitrogen and oxygen atoms in total. The highest BCUT2D eigenvalue weighted by atomic mass is 35.5. The molecule has 2 aromatic carbocycles. The van der Waals surface area contributed by atoms with Gasteiger partial charge in [-0.05, 0) is 49.2 Å². The number of benzene rings is 2. The van der Waals surface area contributed by atoms with Crippen molar-refractivity contribution in [3.05, 3.63) is 58.6 Å². The van der Waals surface area contributed by atoms with E-state index in [1.807, 2.05) is 12.1 Å². The van der Waals surface area contributed by atoms with Crippen LogP contribution in [0.5, 0.6) is 5.75 Å². The maximum Gasteiger partial charge on any atom is 0.255 e. The monoisotopic (exact) mass is 356 g/mol. The van der Waals surface area contributed by atoms with Gasteiger partial charge in [0.1, 0.15) is 18.4 Å². The largest absolute Gasteiger partial charge is 0.491 e. The molecule has 1 atom stereocenters. The Labute approximate surface area is 151 Å². The van der Waals surface area contributed by atoms with Crippen LogP contribution in [0.4, 0.5) is 5.69 Å². The number of nitrogens with zero attached hydrogens (tertiary/aromatic N) is 1. The number of hydrogen-bond donors (Lipinski definition) is 1. The van der Waals surface area contributed by atoms with E-state index in [0.717, 1.165) is 19.4 Å². The molecule has 128 valence electrons. The molecule has 6 heteroatoms. The number of ether oxygens (including phenoxy) is 2. The van der Waals surface area contributed by atoms with Crippen LogP contribution < -0.4 is 10.1 Å². The summed E-state index contributed by atoms with van der Waals surface area (Å²) in [5, 5.41) is 11.9. The van der Waals surface area contributed by atoms with Crippen LogP contribution >= 0.6 is 11.6 Å². The van der Waals surface area contributed by atoms with Crippen molar-refractivity contribution >= 4 is 23.2 Å². The van der Waals surface area contributed by atoms with Gasteiger partial charge >= 0.3 is 0 Å². The Hall–Kier alpha value is -2.55. The number of halogens is 1. The third kappa shape index (κ3) is 4.50. The van der Waals surface area contributed by atoms with Gasteiger partial charge in [0.15, 0.2) is 0 Å². The third-order valence-corrected chi connectivity index (χ3v) is 4.22. The van der Waals surface area contributed by atoms with Crippen molar-refractivity contribution in [2.24, 2.45) is 0 Å². The minimum absolute atomic E-state index is 0.123. The Morgan fingerprint density at radius 3 is 2.96 bits per heavy atom. The Bertz CT molecular complexity index is 811. The van der Waals surface area contributed by atoms with Crippen LogP contribution in [-0.2, 0) is 4.74 Å². The van der Waals surface area contributed by atoms with Crippen molar-refractivity contribution in [1.29, 1.82) is 5.26 Å². The summed E-state index contributed by atoms with van der Waals surface area (Å²) in [6.07, 6.45) is 2.18. The van der Waals surface area contributed by atoms with Crippen LogP contribution in [0.25, 0.3) is 0 Å². The number of hydrogen-bond acceptors (Lipinski definition) is 4. The number of carbonyl (C=O) groups excluding carboxylic acids is 1. The van der Waals surface area contributed by atoms with E-state index in [1.165, 1.54) is 0 Å². The predicted octanol–water partition coefficient (Wildman–Crippen LogP) is 4.02. The summed E-state index contributed by atoms with van der Waals surface area (Å²) in [4.78, 5) is 12.4. The molecule has 1 heterocycles. The van der Waals surface area contributed by atoms with Gasteiger partial charge in [-0.15, -0.1) is 0 Å². The number of rotatable bonds is 5. The van der Waals surface area contributed by atoms with E-state index < -0.39 is 0 Å². The van der Waals surface area contributed by atoms with Crippen LogP contribution in [0.3, 0.4) is 0 Å². The minimum atomic E-state index is -0.275. The highest BCUT2D eigenvalue weighted by molar-refractivity contribution is 6.32. The van der Waals surface area contributed by atoms with Gasteiger partial charge in [0, 0.05) is 17.9 Å². The zero-order valence-electron chi connectivity index (χ0n) is 13.5. The first-order chi connectivity index (χ1) is 12.2. The second kappa shape index (κ2) is 8.02. The van der Waals surface area contributed by atoms with E-state index in [9.17, 15) is 4.79 Å². The van der Waals surface area contributed by atoms with Crippen molar-refractivity contribution < 1.29 is 14.3 Å². The molecule has 2 aromatic rings. The van der Waals surface area contributed by atoms with Crippen LogP contribution in [0.15, 0.2) is 42.5 Å². The molecule has 0 saturated carbocycles. The Morgan fingerprint density at radius 2 is 2.24 bits per heavy atom. The summed E-state index contributed by atoms with van der Waals surface area (Å²) in [5.74, 6) is 0.351. The highest BCUT2D eigenvalue weighted by Gasteiger charge is 2.16. The molecule has 0 bridgehead atoms.